The maximum absolute atomic E-state index is 5.70. The fourth-order valence-corrected chi connectivity index (χ4v) is 2.47. The summed E-state index contributed by atoms with van der Waals surface area (Å²) in [5.74, 6) is 2.38. The van der Waals surface area contributed by atoms with E-state index in [0.29, 0.717) is 5.92 Å². The SMILES string of the molecule is COc1ccc(C2CCC(CN)C2)cc1. The lowest BCUT2D eigenvalue weighted by molar-refractivity contribution is 0.414. The summed E-state index contributed by atoms with van der Waals surface area (Å²) in [6, 6.07) is 8.46. The molecule has 0 heterocycles. The molecule has 0 spiro atoms. The van der Waals surface area contributed by atoms with E-state index in [-0.39, 0.29) is 0 Å². The molecule has 2 atom stereocenters. The van der Waals surface area contributed by atoms with Gasteiger partial charge in [0, 0.05) is 0 Å². The van der Waals surface area contributed by atoms with Crippen LogP contribution >= 0.6 is 0 Å². The summed E-state index contributed by atoms with van der Waals surface area (Å²) in [6.07, 6.45) is 3.82. The van der Waals surface area contributed by atoms with Crippen LogP contribution in [-0.4, -0.2) is 13.7 Å². The van der Waals surface area contributed by atoms with E-state index in [9.17, 15) is 0 Å². The van der Waals surface area contributed by atoms with Gasteiger partial charge in [-0.05, 0) is 55.3 Å². The highest BCUT2D eigenvalue weighted by Crippen LogP contribution is 2.37. The van der Waals surface area contributed by atoms with Gasteiger partial charge in [-0.2, -0.15) is 0 Å². The van der Waals surface area contributed by atoms with E-state index in [2.05, 4.69) is 12.1 Å². The van der Waals surface area contributed by atoms with Crippen molar-refractivity contribution in [3.63, 3.8) is 0 Å². The highest BCUT2D eigenvalue weighted by Gasteiger charge is 2.24. The third-order valence-electron chi connectivity index (χ3n) is 3.46. The molecule has 2 nitrogen and oxygen atoms in total. The Morgan fingerprint density at radius 3 is 2.53 bits per heavy atom. The van der Waals surface area contributed by atoms with Crippen LogP contribution in [0.2, 0.25) is 0 Å². The molecular weight excluding hydrogens is 186 g/mol. The third-order valence-corrected chi connectivity index (χ3v) is 3.46. The van der Waals surface area contributed by atoms with Crippen LogP contribution in [0.4, 0.5) is 0 Å². The Kier molecular flexibility index (Phi) is 3.27. The molecule has 2 N–H and O–H groups in total. The third kappa shape index (κ3) is 2.32. The molecule has 1 aromatic carbocycles. The summed E-state index contributed by atoms with van der Waals surface area (Å²) in [4.78, 5) is 0. The average molecular weight is 205 g/mol. The lowest BCUT2D eigenvalue weighted by Gasteiger charge is -2.11. The largest absolute Gasteiger partial charge is 0.497 e. The highest BCUT2D eigenvalue weighted by atomic mass is 16.5. The van der Waals surface area contributed by atoms with Gasteiger partial charge in [0.25, 0.3) is 0 Å². The summed E-state index contributed by atoms with van der Waals surface area (Å²) < 4.78 is 5.15. The van der Waals surface area contributed by atoms with Crippen LogP contribution < -0.4 is 10.5 Å². The molecule has 0 saturated heterocycles. The van der Waals surface area contributed by atoms with Gasteiger partial charge in [-0.25, -0.2) is 0 Å². The molecule has 2 unspecified atom stereocenters. The molecule has 2 heteroatoms. The van der Waals surface area contributed by atoms with Gasteiger partial charge in [-0.3, -0.25) is 0 Å². The molecule has 1 aliphatic carbocycles. The van der Waals surface area contributed by atoms with Crippen molar-refractivity contribution < 1.29 is 4.74 Å². The van der Waals surface area contributed by atoms with Crippen molar-refractivity contribution in [3.8, 4) is 5.75 Å². The zero-order valence-electron chi connectivity index (χ0n) is 9.28. The number of ether oxygens (including phenoxy) is 1. The fourth-order valence-electron chi connectivity index (χ4n) is 2.47. The average Bonchev–Trinajstić information content (AvgIpc) is 2.78. The first kappa shape index (κ1) is 10.5. The molecule has 0 radical (unpaired) electrons. The topological polar surface area (TPSA) is 35.2 Å². The first-order valence-corrected chi connectivity index (χ1v) is 5.67. The fraction of sp³-hybridized carbons (Fsp3) is 0.538. The van der Waals surface area contributed by atoms with Crippen LogP contribution in [-0.2, 0) is 0 Å². The van der Waals surface area contributed by atoms with Gasteiger partial charge in [0.15, 0.2) is 0 Å². The second-order valence-corrected chi connectivity index (χ2v) is 4.38. The molecule has 82 valence electrons. The smallest absolute Gasteiger partial charge is 0.118 e. The minimum atomic E-state index is 0.712. The van der Waals surface area contributed by atoms with E-state index in [1.165, 1.54) is 24.8 Å². The minimum Gasteiger partial charge on any atom is -0.497 e. The van der Waals surface area contributed by atoms with Crippen molar-refractivity contribution in [2.45, 2.75) is 25.2 Å². The van der Waals surface area contributed by atoms with Crippen molar-refractivity contribution in [2.24, 2.45) is 11.7 Å². The second kappa shape index (κ2) is 4.67. The number of methoxy groups -OCH3 is 1. The quantitative estimate of drug-likeness (QED) is 0.823. The van der Waals surface area contributed by atoms with E-state index in [4.69, 9.17) is 10.5 Å². The summed E-state index contributed by atoms with van der Waals surface area (Å²) in [6.45, 7) is 0.840. The predicted octanol–water partition coefficient (Wildman–Crippen LogP) is 2.54. The second-order valence-electron chi connectivity index (χ2n) is 4.38. The Balaban J connectivity index is 2.04. The normalized spacial score (nSPS) is 25.5. The van der Waals surface area contributed by atoms with Gasteiger partial charge in [-0.15, -0.1) is 0 Å². The van der Waals surface area contributed by atoms with Crippen LogP contribution in [0.15, 0.2) is 24.3 Å². The van der Waals surface area contributed by atoms with Crippen LogP contribution in [0.1, 0.15) is 30.7 Å². The Bertz CT molecular complexity index is 307. The van der Waals surface area contributed by atoms with Crippen molar-refractivity contribution in [3.05, 3.63) is 29.8 Å². The van der Waals surface area contributed by atoms with Gasteiger partial charge >= 0.3 is 0 Å². The number of nitrogens with two attached hydrogens (primary N) is 1. The van der Waals surface area contributed by atoms with E-state index in [1.54, 1.807) is 7.11 Å². The zero-order chi connectivity index (χ0) is 10.7. The minimum absolute atomic E-state index is 0.712. The highest BCUT2D eigenvalue weighted by molar-refractivity contribution is 5.29. The maximum Gasteiger partial charge on any atom is 0.118 e. The van der Waals surface area contributed by atoms with E-state index < -0.39 is 0 Å². The Labute approximate surface area is 91.4 Å². The molecule has 0 amide bonds. The first-order chi connectivity index (χ1) is 7.33. The number of hydrogen-bond donors (Lipinski definition) is 1. The molecule has 1 fully saturated rings. The predicted molar refractivity (Wildman–Crippen MR) is 62.1 cm³/mol. The monoisotopic (exact) mass is 205 g/mol. The molecule has 1 saturated carbocycles. The number of hydrogen-bond acceptors (Lipinski definition) is 2. The van der Waals surface area contributed by atoms with Gasteiger partial charge in [0.05, 0.1) is 7.11 Å². The van der Waals surface area contributed by atoms with Crippen LogP contribution in [0, 0.1) is 5.92 Å². The Morgan fingerprint density at radius 1 is 1.27 bits per heavy atom. The molecule has 2 rings (SSSR count). The van der Waals surface area contributed by atoms with E-state index in [1.807, 2.05) is 12.1 Å². The van der Waals surface area contributed by atoms with Crippen LogP contribution in [0.5, 0.6) is 5.75 Å². The Morgan fingerprint density at radius 2 is 2.00 bits per heavy atom. The van der Waals surface area contributed by atoms with E-state index in [0.717, 1.165) is 18.2 Å². The molecule has 0 bridgehead atoms. The number of rotatable bonds is 3. The summed E-state index contributed by atoms with van der Waals surface area (Å²) >= 11 is 0. The molecule has 1 aliphatic rings. The van der Waals surface area contributed by atoms with Gasteiger partial charge in [-0.1, -0.05) is 12.1 Å². The van der Waals surface area contributed by atoms with E-state index >= 15 is 0 Å². The van der Waals surface area contributed by atoms with Crippen molar-refractivity contribution in [1.29, 1.82) is 0 Å². The Hall–Kier alpha value is -1.02. The lowest BCUT2D eigenvalue weighted by atomic mass is 9.96. The van der Waals surface area contributed by atoms with Crippen molar-refractivity contribution >= 4 is 0 Å². The molecule has 0 aliphatic heterocycles. The first-order valence-electron chi connectivity index (χ1n) is 5.67. The van der Waals surface area contributed by atoms with Crippen LogP contribution in [0.3, 0.4) is 0 Å². The van der Waals surface area contributed by atoms with Crippen LogP contribution in [0.25, 0.3) is 0 Å². The lowest BCUT2D eigenvalue weighted by Crippen LogP contribution is -2.10. The van der Waals surface area contributed by atoms with Gasteiger partial charge in [0.1, 0.15) is 5.75 Å². The molecule has 0 aromatic heterocycles. The summed E-state index contributed by atoms with van der Waals surface area (Å²) in [7, 11) is 1.70. The zero-order valence-corrected chi connectivity index (χ0v) is 9.28. The van der Waals surface area contributed by atoms with Gasteiger partial charge in [0.2, 0.25) is 0 Å². The molecule has 1 aromatic rings. The summed E-state index contributed by atoms with van der Waals surface area (Å²) in [5, 5.41) is 0. The standard InChI is InChI=1S/C13H19NO/c1-15-13-6-4-11(5-7-13)12-3-2-10(8-12)9-14/h4-7,10,12H,2-3,8-9,14H2,1H3. The molecule has 15 heavy (non-hydrogen) atoms. The summed E-state index contributed by atoms with van der Waals surface area (Å²) in [5.41, 5.74) is 7.14. The van der Waals surface area contributed by atoms with Crippen molar-refractivity contribution in [2.75, 3.05) is 13.7 Å². The molecular formula is C13H19NO. The number of benzene rings is 1. The maximum atomic E-state index is 5.70. The van der Waals surface area contributed by atoms with Crippen molar-refractivity contribution in [1.82, 2.24) is 0 Å². The van der Waals surface area contributed by atoms with Gasteiger partial charge < -0.3 is 10.5 Å².